The minimum atomic E-state index is -0.346. The predicted octanol–water partition coefficient (Wildman–Crippen LogP) is 2.01. The second-order valence-corrected chi connectivity index (χ2v) is 6.36. The van der Waals surface area contributed by atoms with Gasteiger partial charge >= 0.3 is 0 Å². The van der Waals surface area contributed by atoms with Gasteiger partial charge in [0, 0.05) is 17.8 Å². The molecule has 2 rings (SSSR count). The molecular formula is C18H27N3O3. The van der Waals surface area contributed by atoms with Gasteiger partial charge in [-0.15, -0.1) is 0 Å². The first kappa shape index (κ1) is 18.3. The number of anilines is 1. The largest absolute Gasteiger partial charge is 0.497 e. The van der Waals surface area contributed by atoms with E-state index in [2.05, 4.69) is 10.6 Å². The van der Waals surface area contributed by atoms with Gasteiger partial charge in [-0.1, -0.05) is 18.9 Å². The van der Waals surface area contributed by atoms with E-state index in [0.717, 1.165) is 12.8 Å². The number of carbonyl (C=O) groups is 2. The Hall–Kier alpha value is -2.08. The van der Waals surface area contributed by atoms with Gasteiger partial charge < -0.3 is 15.4 Å². The van der Waals surface area contributed by atoms with Gasteiger partial charge in [-0.3, -0.25) is 14.5 Å². The molecule has 1 fully saturated rings. The Morgan fingerprint density at radius 3 is 2.71 bits per heavy atom. The standard InChI is InChI=1S/C18H27N3O3/c1-13(18(23)20-14-7-4-5-8-14)21(2)12-17(22)19-15-9-6-10-16(11-15)24-3/h6,9-11,13-14H,4-5,7-8,12H2,1-3H3,(H,19,22)(H,20,23)/t13-/m0/s1. The van der Waals surface area contributed by atoms with Crippen molar-refractivity contribution in [2.75, 3.05) is 26.0 Å². The van der Waals surface area contributed by atoms with E-state index in [4.69, 9.17) is 4.74 Å². The Morgan fingerprint density at radius 1 is 1.33 bits per heavy atom. The molecule has 1 aliphatic carbocycles. The Balaban J connectivity index is 1.82. The molecule has 1 aliphatic rings. The first-order chi connectivity index (χ1) is 11.5. The van der Waals surface area contributed by atoms with Gasteiger partial charge in [-0.2, -0.15) is 0 Å². The highest BCUT2D eigenvalue weighted by Crippen LogP contribution is 2.18. The lowest BCUT2D eigenvalue weighted by Crippen LogP contribution is -2.48. The third kappa shape index (κ3) is 5.23. The summed E-state index contributed by atoms with van der Waals surface area (Å²) in [7, 11) is 3.36. The van der Waals surface area contributed by atoms with Crippen molar-refractivity contribution in [2.45, 2.75) is 44.7 Å². The number of ether oxygens (including phenoxy) is 1. The summed E-state index contributed by atoms with van der Waals surface area (Å²) in [6, 6.07) is 7.14. The molecule has 1 aromatic carbocycles. The Kier molecular flexibility index (Phi) is 6.61. The summed E-state index contributed by atoms with van der Waals surface area (Å²) in [6.45, 7) is 1.97. The zero-order valence-electron chi connectivity index (χ0n) is 14.7. The minimum Gasteiger partial charge on any atom is -0.497 e. The molecule has 1 atom stereocenters. The number of methoxy groups -OCH3 is 1. The molecule has 132 valence electrons. The van der Waals surface area contributed by atoms with E-state index in [0.29, 0.717) is 17.5 Å². The number of carbonyl (C=O) groups excluding carboxylic acids is 2. The third-order valence-corrected chi connectivity index (χ3v) is 4.49. The van der Waals surface area contributed by atoms with Crippen LogP contribution in [0, 0.1) is 0 Å². The van der Waals surface area contributed by atoms with Crippen LogP contribution in [0.3, 0.4) is 0 Å². The summed E-state index contributed by atoms with van der Waals surface area (Å²) in [5, 5.41) is 5.89. The van der Waals surface area contributed by atoms with E-state index in [9.17, 15) is 9.59 Å². The van der Waals surface area contributed by atoms with E-state index in [1.54, 1.807) is 31.2 Å². The molecule has 0 heterocycles. The highest BCUT2D eigenvalue weighted by Gasteiger charge is 2.24. The fourth-order valence-corrected chi connectivity index (χ4v) is 2.86. The fourth-order valence-electron chi connectivity index (χ4n) is 2.86. The summed E-state index contributed by atoms with van der Waals surface area (Å²) >= 11 is 0. The average Bonchev–Trinajstić information content (AvgIpc) is 3.06. The normalized spacial score (nSPS) is 16.0. The second-order valence-electron chi connectivity index (χ2n) is 6.36. The number of hydrogen-bond donors (Lipinski definition) is 2. The van der Waals surface area contributed by atoms with Crippen LogP contribution < -0.4 is 15.4 Å². The summed E-state index contributed by atoms with van der Waals surface area (Å²) in [5.41, 5.74) is 0.677. The van der Waals surface area contributed by atoms with E-state index in [1.807, 2.05) is 19.1 Å². The van der Waals surface area contributed by atoms with Gasteiger partial charge in [0.2, 0.25) is 11.8 Å². The first-order valence-electron chi connectivity index (χ1n) is 8.44. The molecule has 2 N–H and O–H groups in total. The number of likely N-dealkylation sites (N-methyl/N-ethyl adjacent to an activating group) is 1. The lowest BCUT2D eigenvalue weighted by molar-refractivity contribution is -0.127. The molecule has 0 aliphatic heterocycles. The molecule has 0 aromatic heterocycles. The Bertz CT molecular complexity index is 570. The van der Waals surface area contributed by atoms with Gasteiger partial charge in [-0.25, -0.2) is 0 Å². The molecule has 1 aromatic rings. The zero-order valence-corrected chi connectivity index (χ0v) is 14.7. The number of amides is 2. The van der Waals surface area contributed by atoms with Crippen molar-refractivity contribution in [1.82, 2.24) is 10.2 Å². The third-order valence-electron chi connectivity index (χ3n) is 4.49. The number of benzene rings is 1. The van der Waals surface area contributed by atoms with Crippen molar-refractivity contribution in [3.8, 4) is 5.75 Å². The number of nitrogens with one attached hydrogen (secondary N) is 2. The van der Waals surface area contributed by atoms with Crippen LogP contribution >= 0.6 is 0 Å². The predicted molar refractivity (Wildman–Crippen MR) is 94.1 cm³/mol. The van der Waals surface area contributed by atoms with Gasteiger partial charge in [0.05, 0.1) is 19.7 Å². The topological polar surface area (TPSA) is 70.7 Å². The van der Waals surface area contributed by atoms with Crippen LogP contribution in [0.1, 0.15) is 32.6 Å². The van der Waals surface area contributed by atoms with Crippen molar-refractivity contribution in [3.05, 3.63) is 24.3 Å². The van der Waals surface area contributed by atoms with E-state index >= 15 is 0 Å². The molecule has 6 nitrogen and oxygen atoms in total. The molecule has 0 unspecified atom stereocenters. The van der Waals surface area contributed by atoms with Crippen molar-refractivity contribution in [1.29, 1.82) is 0 Å². The molecule has 0 spiro atoms. The summed E-state index contributed by atoms with van der Waals surface area (Å²) in [5.74, 6) is 0.510. The molecule has 24 heavy (non-hydrogen) atoms. The van der Waals surface area contributed by atoms with Crippen molar-refractivity contribution < 1.29 is 14.3 Å². The van der Waals surface area contributed by atoms with Crippen molar-refractivity contribution in [2.24, 2.45) is 0 Å². The van der Waals surface area contributed by atoms with Crippen LogP contribution in [0.2, 0.25) is 0 Å². The summed E-state index contributed by atoms with van der Waals surface area (Å²) in [4.78, 5) is 26.2. The molecule has 0 saturated heterocycles. The number of nitrogens with zero attached hydrogens (tertiary/aromatic N) is 1. The average molecular weight is 333 g/mol. The highest BCUT2D eigenvalue weighted by atomic mass is 16.5. The summed E-state index contributed by atoms with van der Waals surface area (Å²) < 4.78 is 5.14. The monoisotopic (exact) mass is 333 g/mol. The minimum absolute atomic E-state index is 0.0152. The Labute approximate surface area is 143 Å². The zero-order chi connectivity index (χ0) is 17.5. The lowest BCUT2D eigenvalue weighted by atomic mass is 10.2. The first-order valence-corrected chi connectivity index (χ1v) is 8.44. The maximum absolute atomic E-state index is 12.3. The van der Waals surface area contributed by atoms with Crippen molar-refractivity contribution >= 4 is 17.5 Å². The molecule has 2 amide bonds. The fraction of sp³-hybridized carbons (Fsp3) is 0.556. The second kappa shape index (κ2) is 8.68. The molecule has 0 bridgehead atoms. The van der Waals surface area contributed by atoms with Crippen LogP contribution in [-0.2, 0) is 9.59 Å². The Morgan fingerprint density at radius 2 is 2.04 bits per heavy atom. The smallest absolute Gasteiger partial charge is 0.238 e. The van der Waals surface area contributed by atoms with Gasteiger partial charge in [0.15, 0.2) is 0 Å². The molecule has 6 heteroatoms. The maximum Gasteiger partial charge on any atom is 0.238 e. The maximum atomic E-state index is 12.3. The van der Waals surface area contributed by atoms with E-state index < -0.39 is 0 Å². The molecular weight excluding hydrogens is 306 g/mol. The van der Waals surface area contributed by atoms with E-state index in [1.165, 1.54) is 12.8 Å². The molecule has 0 radical (unpaired) electrons. The van der Waals surface area contributed by atoms with E-state index in [-0.39, 0.29) is 24.4 Å². The summed E-state index contributed by atoms with van der Waals surface area (Å²) in [6.07, 6.45) is 4.47. The van der Waals surface area contributed by atoms with Crippen LogP contribution in [-0.4, -0.2) is 49.5 Å². The van der Waals surface area contributed by atoms with Crippen LogP contribution in [0.5, 0.6) is 5.75 Å². The quantitative estimate of drug-likeness (QED) is 0.801. The van der Waals surface area contributed by atoms with Gasteiger partial charge in [0.25, 0.3) is 0 Å². The van der Waals surface area contributed by atoms with Crippen LogP contribution in [0.4, 0.5) is 5.69 Å². The molecule has 1 saturated carbocycles. The number of rotatable bonds is 7. The van der Waals surface area contributed by atoms with Crippen LogP contribution in [0.15, 0.2) is 24.3 Å². The van der Waals surface area contributed by atoms with Gasteiger partial charge in [0.1, 0.15) is 5.75 Å². The number of hydrogen-bond acceptors (Lipinski definition) is 4. The highest BCUT2D eigenvalue weighted by molar-refractivity contribution is 5.93. The SMILES string of the molecule is COc1cccc(NC(=O)CN(C)[C@@H](C)C(=O)NC2CCCC2)c1. The van der Waals surface area contributed by atoms with Crippen molar-refractivity contribution in [3.63, 3.8) is 0 Å². The van der Waals surface area contributed by atoms with Gasteiger partial charge in [-0.05, 0) is 38.9 Å². The lowest BCUT2D eigenvalue weighted by Gasteiger charge is -2.25. The van der Waals surface area contributed by atoms with Crippen LogP contribution in [0.25, 0.3) is 0 Å².